The van der Waals surface area contributed by atoms with Gasteiger partial charge in [0, 0.05) is 12.1 Å². The van der Waals surface area contributed by atoms with Crippen molar-refractivity contribution in [1.82, 2.24) is 4.72 Å². The number of benzene rings is 1. The number of rotatable bonds is 1. The number of hydrogen-bond donors (Lipinski definition) is 1. The van der Waals surface area contributed by atoms with Crippen molar-refractivity contribution in [3.05, 3.63) is 23.3 Å². The molecule has 0 atom stereocenters. The molecule has 0 spiro atoms. The molecule has 0 saturated carbocycles. The van der Waals surface area contributed by atoms with Gasteiger partial charge in [-0.2, -0.15) is 13.1 Å². The highest BCUT2D eigenvalue weighted by Gasteiger charge is 2.27. The Kier molecular flexibility index (Phi) is 3.38. The summed E-state index contributed by atoms with van der Waals surface area (Å²) in [6.45, 7) is 6.68. The largest absolute Gasteiger partial charge is 0.382 e. The molecule has 0 aromatic heterocycles. The van der Waals surface area contributed by atoms with Crippen LogP contribution in [0.4, 0.5) is 0 Å². The first-order chi connectivity index (χ1) is 8.23. The van der Waals surface area contributed by atoms with Crippen LogP contribution >= 0.6 is 11.8 Å². The maximum absolute atomic E-state index is 11.4. The van der Waals surface area contributed by atoms with Crippen LogP contribution in [-0.4, -0.2) is 14.7 Å². The lowest BCUT2D eigenvalue weighted by Crippen LogP contribution is -2.33. The molecular weight excluding hydrogens is 270 g/mol. The highest BCUT2D eigenvalue weighted by Crippen LogP contribution is 2.38. The van der Waals surface area contributed by atoms with E-state index in [1.54, 1.807) is 0 Å². The second kappa shape index (κ2) is 4.43. The van der Waals surface area contributed by atoms with Gasteiger partial charge < -0.3 is 4.18 Å². The van der Waals surface area contributed by atoms with Crippen LogP contribution in [0.15, 0.2) is 17.0 Å². The molecule has 0 fully saturated rings. The van der Waals surface area contributed by atoms with Crippen molar-refractivity contribution in [3.8, 4) is 5.75 Å². The number of nitrogens with one attached hydrogen (secondary N) is 1. The van der Waals surface area contributed by atoms with Gasteiger partial charge in [0.15, 0.2) is 5.75 Å². The molecule has 0 radical (unpaired) electrons. The fourth-order valence-electron chi connectivity index (χ4n) is 1.78. The lowest BCUT2D eigenvalue weighted by atomic mass is 9.86. The quantitative estimate of drug-likeness (QED) is 0.806. The minimum atomic E-state index is -3.64. The van der Waals surface area contributed by atoms with Crippen molar-refractivity contribution in [2.24, 2.45) is 0 Å². The molecule has 0 amide bonds. The van der Waals surface area contributed by atoms with Crippen LogP contribution in [0, 0.1) is 0 Å². The molecule has 18 heavy (non-hydrogen) atoms. The second-order valence-corrected chi connectivity index (χ2v) is 7.49. The maximum Gasteiger partial charge on any atom is 0.382 e. The van der Waals surface area contributed by atoms with Gasteiger partial charge in [0.2, 0.25) is 0 Å². The van der Waals surface area contributed by atoms with Crippen molar-refractivity contribution in [2.45, 2.75) is 37.6 Å². The van der Waals surface area contributed by atoms with E-state index in [0.29, 0.717) is 5.75 Å². The average molecular weight is 287 g/mol. The zero-order valence-corrected chi connectivity index (χ0v) is 12.5. The van der Waals surface area contributed by atoms with E-state index < -0.39 is 10.3 Å². The van der Waals surface area contributed by atoms with Gasteiger partial charge in [-0.05, 0) is 23.3 Å². The standard InChI is InChI=1S/C12H17NO3S2/c1-12(2,3)9-5-8-7-13-18(14,15)16-11(8)10(6-9)17-4/h5-6,13H,7H2,1-4H3. The number of thioether (sulfide) groups is 1. The Morgan fingerprint density at radius 3 is 2.56 bits per heavy atom. The van der Waals surface area contributed by atoms with E-state index >= 15 is 0 Å². The van der Waals surface area contributed by atoms with Gasteiger partial charge in [-0.1, -0.05) is 26.8 Å². The lowest BCUT2D eigenvalue weighted by molar-refractivity contribution is 0.446. The van der Waals surface area contributed by atoms with Crippen LogP contribution in [0.3, 0.4) is 0 Å². The maximum atomic E-state index is 11.4. The molecular formula is C12H17NO3S2. The highest BCUT2D eigenvalue weighted by atomic mass is 32.2. The Labute approximate surface area is 112 Å². The third kappa shape index (κ3) is 2.65. The predicted molar refractivity (Wildman–Crippen MR) is 73.3 cm³/mol. The highest BCUT2D eigenvalue weighted by molar-refractivity contribution is 7.98. The molecule has 1 N–H and O–H groups in total. The van der Waals surface area contributed by atoms with Gasteiger partial charge in [0.05, 0.1) is 4.90 Å². The van der Waals surface area contributed by atoms with Crippen LogP contribution in [-0.2, 0) is 22.3 Å². The number of hydrogen-bond acceptors (Lipinski definition) is 4. The second-order valence-electron chi connectivity index (χ2n) is 5.28. The third-order valence-corrected chi connectivity index (χ3v) is 4.48. The van der Waals surface area contributed by atoms with Crippen molar-refractivity contribution >= 4 is 22.1 Å². The van der Waals surface area contributed by atoms with Crippen molar-refractivity contribution < 1.29 is 12.6 Å². The fourth-order valence-corrected chi connectivity index (χ4v) is 3.24. The summed E-state index contributed by atoms with van der Waals surface area (Å²) in [4.78, 5) is 0.863. The SMILES string of the molecule is CSc1cc(C(C)(C)C)cc2c1OS(=O)(=O)NC2. The van der Waals surface area contributed by atoms with Crippen molar-refractivity contribution in [1.29, 1.82) is 0 Å². The molecule has 1 aliphatic rings. The van der Waals surface area contributed by atoms with Gasteiger partial charge in [-0.15, -0.1) is 11.8 Å². The molecule has 0 aliphatic carbocycles. The summed E-state index contributed by atoms with van der Waals surface area (Å²) in [5.41, 5.74) is 2.09. The Morgan fingerprint density at radius 2 is 2.00 bits per heavy atom. The van der Waals surface area contributed by atoms with Gasteiger partial charge >= 0.3 is 10.3 Å². The van der Waals surface area contributed by atoms with E-state index in [9.17, 15) is 8.42 Å². The van der Waals surface area contributed by atoms with Gasteiger partial charge in [0.25, 0.3) is 0 Å². The summed E-state index contributed by atoms with van der Waals surface area (Å²) in [7, 11) is -3.64. The molecule has 1 aromatic carbocycles. The monoisotopic (exact) mass is 287 g/mol. The molecule has 0 saturated heterocycles. The molecule has 0 unspecified atom stereocenters. The third-order valence-electron chi connectivity index (χ3n) is 2.85. The molecule has 0 bridgehead atoms. The van der Waals surface area contributed by atoms with Crippen molar-refractivity contribution in [2.75, 3.05) is 6.26 Å². The first-order valence-electron chi connectivity index (χ1n) is 5.63. The van der Waals surface area contributed by atoms with Crippen LogP contribution in [0.5, 0.6) is 5.75 Å². The van der Waals surface area contributed by atoms with Crippen LogP contribution < -0.4 is 8.91 Å². The molecule has 4 nitrogen and oxygen atoms in total. The van der Waals surface area contributed by atoms with E-state index in [4.69, 9.17) is 4.18 Å². The molecule has 100 valence electrons. The Morgan fingerprint density at radius 1 is 1.33 bits per heavy atom. The summed E-state index contributed by atoms with van der Waals surface area (Å²) in [5.74, 6) is 0.467. The molecule has 2 rings (SSSR count). The summed E-state index contributed by atoms with van der Waals surface area (Å²) >= 11 is 1.50. The Hall–Kier alpha value is -0.720. The van der Waals surface area contributed by atoms with E-state index in [1.165, 1.54) is 17.3 Å². The van der Waals surface area contributed by atoms with Gasteiger partial charge in [-0.3, -0.25) is 0 Å². The van der Waals surface area contributed by atoms with Gasteiger partial charge in [-0.25, -0.2) is 0 Å². The first kappa shape index (κ1) is 13.7. The molecule has 6 heteroatoms. The molecule has 1 aliphatic heterocycles. The van der Waals surface area contributed by atoms with Crippen LogP contribution in [0.25, 0.3) is 0 Å². The zero-order valence-electron chi connectivity index (χ0n) is 10.9. The van der Waals surface area contributed by atoms with E-state index in [2.05, 4.69) is 25.5 Å². The first-order valence-corrected chi connectivity index (χ1v) is 8.27. The summed E-state index contributed by atoms with van der Waals surface area (Å²) < 4.78 is 30.3. The van der Waals surface area contributed by atoms with E-state index in [0.717, 1.165) is 10.5 Å². The summed E-state index contributed by atoms with van der Waals surface area (Å²) in [5, 5.41) is 0. The minimum absolute atomic E-state index is 0.0236. The Bertz CT molecular complexity index is 556. The predicted octanol–water partition coefficient (Wildman–Crippen LogP) is 2.43. The van der Waals surface area contributed by atoms with Crippen molar-refractivity contribution in [3.63, 3.8) is 0 Å². The Balaban J connectivity index is 2.58. The topological polar surface area (TPSA) is 55.4 Å². The molecule has 1 aromatic rings. The fraction of sp³-hybridized carbons (Fsp3) is 0.500. The summed E-state index contributed by atoms with van der Waals surface area (Å²) in [6.07, 6.45) is 1.92. The summed E-state index contributed by atoms with van der Waals surface area (Å²) in [6, 6.07) is 4.01. The normalized spacial score (nSPS) is 18.0. The van der Waals surface area contributed by atoms with Crippen LogP contribution in [0.1, 0.15) is 31.9 Å². The molecule has 1 heterocycles. The minimum Gasteiger partial charge on any atom is -0.369 e. The van der Waals surface area contributed by atoms with E-state index in [-0.39, 0.29) is 12.0 Å². The van der Waals surface area contributed by atoms with Gasteiger partial charge in [0.1, 0.15) is 0 Å². The van der Waals surface area contributed by atoms with E-state index in [1.807, 2.05) is 18.4 Å². The average Bonchev–Trinajstić information content (AvgIpc) is 2.25. The van der Waals surface area contributed by atoms with Crippen LogP contribution in [0.2, 0.25) is 0 Å². The zero-order chi connectivity index (χ0) is 13.6. The lowest BCUT2D eigenvalue weighted by Gasteiger charge is -2.25. The number of fused-ring (bicyclic) bond motifs is 1. The smallest absolute Gasteiger partial charge is 0.369 e.